The number of aldehydes is 1. The van der Waals surface area contributed by atoms with Crippen LogP contribution in [0.2, 0.25) is 0 Å². The van der Waals surface area contributed by atoms with Crippen molar-refractivity contribution in [2.24, 2.45) is 0 Å². The van der Waals surface area contributed by atoms with Crippen molar-refractivity contribution in [3.05, 3.63) is 46.4 Å². The van der Waals surface area contributed by atoms with E-state index >= 15 is 0 Å². The third-order valence-corrected chi connectivity index (χ3v) is 4.30. The fourth-order valence-corrected chi connectivity index (χ4v) is 2.79. The van der Waals surface area contributed by atoms with Crippen LogP contribution in [0.25, 0.3) is 10.8 Å². The Bertz CT molecular complexity index is 549. The van der Waals surface area contributed by atoms with Gasteiger partial charge in [-0.15, -0.1) is 0 Å². The highest BCUT2D eigenvalue weighted by Gasteiger charge is 2.26. The van der Waals surface area contributed by atoms with Gasteiger partial charge in [0.1, 0.15) is 0 Å². The molecule has 82 valence electrons. The molecule has 2 rings (SSSR count). The van der Waals surface area contributed by atoms with E-state index in [4.69, 9.17) is 0 Å². The zero-order valence-corrected chi connectivity index (χ0v) is 12.8. The summed E-state index contributed by atoms with van der Waals surface area (Å²) in [7, 11) is 0. The average Bonchev–Trinajstić information content (AvgIpc) is 2.29. The molecule has 0 aliphatic heterocycles. The van der Waals surface area contributed by atoms with E-state index in [1.54, 1.807) is 0 Å². The number of hydrogen-bond acceptors (Lipinski definition) is 1. The maximum atomic E-state index is 11.1. The first kappa shape index (κ1) is 12.3. The maximum absolute atomic E-state index is 11.1. The highest BCUT2D eigenvalue weighted by atomic mass is 79.9. The molecule has 2 aromatic carbocycles. The number of halogens is 3. The van der Waals surface area contributed by atoms with E-state index in [2.05, 4.69) is 47.8 Å². The molecule has 0 radical (unpaired) electrons. The summed E-state index contributed by atoms with van der Waals surface area (Å²) in [6, 6.07) is 11.8. The Kier molecular flexibility index (Phi) is 3.52. The molecule has 0 N–H and O–H groups in total. The summed E-state index contributed by atoms with van der Waals surface area (Å²) in [5.41, 5.74) is 0.904. The van der Waals surface area contributed by atoms with Gasteiger partial charge in [0, 0.05) is 4.47 Å². The molecule has 0 saturated heterocycles. The van der Waals surface area contributed by atoms with Crippen molar-refractivity contribution in [3.8, 4) is 0 Å². The molecule has 0 unspecified atom stereocenters. The lowest BCUT2D eigenvalue weighted by molar-refractivity contribution is -0.107. The normalized spacial score (nSPS) is 11.7. The molecule has 4 heteroatoms. The summed E-state index contributed by atoms with van der Waals surface area (Å²) >= 11 is 10.2. The summed E-state index contributed by atoms with van der Waals surface area (Å²) in [5.74, 6) is 0. The summed E-state index contributed by atoms with van der Waals surface area (Å²) in [6.07, 6.45) is 0.836. The van der Waals surface area contributed by atoms with Crippen molar-refractivity contribution < 1.29 is 4.79 Å². The first-order chi connectivity index (χ1) is 7.56. The van der Waals surface area contributed by atoms with Crippen LogP contribution in [0.4, 0.5) is 0 Å². The van der Waals surface area contributed by atoms with Gasteiger partial charge in [0.25, 0.3) is 0 Å². The van der Waals surface area contributed by atoms with Crippen LogP contribution in [0.5, 0.6) is 0 Å². The first-order valence-electron chi connectivity index (χ1n) is 4.58. The lowest BCUT2D eigenvalue weighted by Gasteiger charge is -2.16. The number of carbonyl (C=O) groups excluding carboxylic acids is 1. The minimum absolute atomic E-state index is 0.819. The third-order valence-electron chi connectivity index (χ3n) is 2.38. The topological polar surface area (TPSA) is 17.1 Å². The number of benzene rings is 2. The smallest absolute Gasteiger partial charge is 0.161 e. The van der Waals surface area contributed by atoms with Gasteiger partial charge < -0.3 is 4.79 Å². The molecule has 0 aliphatic carbocycles. The number of rotatable bonds is 2. The van der Waals surface area contributed by atoms with Crippen molar-refractivity contribution >= 4 is 64.8 Å². The zero-order chi connectivity index (χ0) is 11.8. The predicted octanol–water partition coefficient (Wildman–Crippen LogP) is 4.74. The fourth-order valence-electron chi connectivity index (χ4n) is 1.62. The maximum Gasteiger partial charge on any atom is 0.161 e. The van der Waals surface area contributed by atoms with Crippen LogP contribution < -0.4 is 0 Å². The van der Waals surface area contributed by atoms with E-state index in [0.29, 0.717) is 0 Å². The van der Waals surface area contributed by atoms with Gasteiger partial charge in [-0.25, -0.2) is 0 Å². The van der Waals surface area contributed by atoms with Gasteiger partial charge in [-0.05, 0) is 22.4 Å². The van der Waals surface area contributed by atoms with Gasteiger partial charge in [-0.3, -0.25) is 0 Å². The molecule has 0 fully saturated rings. The van der Waals surface area contributed by atoms with Crippen molar-refractivity contribution in [1.29, 1.82) is 0 Å². The molecule has 0 spiro atoms. The fraction of sp³-hybridized carbons (Fsp3) is 0.0833. The van der Waals surface area contributed by atoms with Gasteiger partial charge in [0.2, 0.25) is 0 Å². The molecule has 2 aromatic rings. The Morgan fingerprint density at radius 1 is 1.00 bits per heavy atom. The molecule has 0 bridgehead atoms. The lowest BCUT2D eigenvalue weighted by atomic mass is 10.0. The molecule has 0 aliphatic rings. The number of fused-ring (bicyclic) bond motifs is 1. The average molecular weight is 407 g/mol. The third kappa shape index (κ3) is 2.11. The molecule has 1 nitrogen and oxygen atoms in total. The second-order valence-corrected chi connectivity index (χ2v) is 7.80. The molecular formula is C12H7Br3O. The molecular weight excluding hydrogens is 400 g/mol. The highest BCUT2D eigenvalue weighted by molar-refractivity contribution is 9.25. The largest absolute Gasteiger partial charge is 0.300 e. The van der Waals surface area contributed by atoms with Crippen molar-refractivity contribution in [3.63, 3.8) is 0 Å². The van der Waals surface area contributed by atoms with E-state index in [0.717, 1.165) is 27.1 Å². The minimum Gasteiger partial charge on any atom is -0.300 e. The second-order valence-electron chi connectivity index (χ2n) is 3.38. The standard InChI is InChI=1S/C12H7Br3O/c13-11-6-5-10(12(14,15)7-16)8-3-1-2-4-9(8)11/h1-7H. The minimum atomic E-state index is -0.819. The SMILES string of the molecule is O=CC(Br)(Br)c1ccc(Br)c2ccccc12. The number of hydrogen-bond donors (Lipinski definition) is 0. The van der Waals surface area contributed by atoms with Crippen molar-refractivity contribution in [2.75, 3.05) is 0 Å². The van der Waals surface area contributed by atoms with Gasteiger partial charge in [0.15, 0.2) is 9.52 Å². The van der Waals surface area contributed by atoms with Gasteiger partial charge >= 0.3 is 0 Å². The van der Waals surface area contributed by atoms with Crippen LogP contribution >= 0.6 is 47.8 Å². The van der Waals surface area contributed by atoms with Crippen LogP contribution in [0.1, 0.15) is 5.56 Å². The van der Waals surface area contributed by atoms with E-state index in [9.17, 15) is 4.79 Å². The number of alkyl halides is 2. The van der Waals surface area contributed by atoms with Crippen LogP contribution in [-0.4, -0.2) is 6.29 Å². The Morgan fingerprint density at radius 2 is 1.62 bits per heavy atom. The molecule has 0 aromatic heterocycles. The monoisotopic (exact) mass is 404 g/mol. The first-order valence-corrected chi connectivity index (χ1v) is 6.96. The Balaban J connectivity index is 2.82. The predicted molar refractivity (Wildman–Crippen MR) is 77.2 cm³/mol. The van der Waals surface area contributed by atoms with Crippen LogP contribution in [0.3, 0.4) is 0 Å². The summed E-state index contributed by atoms with van der Waals surface area (Å²) < 4.78 is 0.203. The molecule has 0 atom stereocenters. The van der Waals surface area contributed by atoms with Gasteiger partial charge in [-0.2, -0.15) is 0 Å². The van der Waals surface area contributed by atoms with Crippen LogP contribution in [0.15, 0.2) is 40.9 Å². The Labute approximate surface area is 119 Å². The highest BCUT2D eigenvalue weighted by Crippen LogP contribution is 2.41. The van der Waals surface area contributed by atoms with E-state index in [1.807, 2.05) is 36.4 Å². The molecule has 0 saturated carbocycles. The Morgan fingerprint density at radius 3 is 2.25 bits per heavy atom. The summed E-state index contributed by atoms with van der Waals surface area (Å²) in [5, 5.41) is 2.13. The Hall–Kier alpha value is -0.190. The summed E-state index contributed by atoms with van der Waals surface area (Å²) in [4.78, 5) is 11.1. The molecule has 0 amide bonds. The lowest BCUT2D eigenvalue weighted by Crippen LogP contribution is -2.10. The van der Waals surface area contributed by atoms with Crippen molar-refractivity contribution in [2.45, 2.75) is 3.23 Å². The van der Waals surface area contributed by atoms with E-state index < -0.39 is 3.23 Å². The van der Waals surface area contributed by atoms with Gasteiger partial charge in [-0.1, -0.05) is 78.1 Å². The zero-order valence-electron chi connectivity index (χ0n) is 8.08. The molecule has 0 heterocycles. The number of carbonyl (C=O) groups is 1. The van der Waals surface area contributed by atoms with Crippen molar-refractivity contribution in [1.82, 2.24) is 0 Å². The van der Waals surface area contributed by atoms with E-state index in [-0.39, 0.29) is 0 Å². The second kappa shape index (κ2) is 4.59. The van der Waals surface area contributed by atoms with E-state index in [1.165, 1.54) is 0 Å². The molecule has 16 heavy (non-hydrogen) atoms. The van der Waals surface area contributed by atoms with Gasteiger partial charge in [0.05, 0.1) is 0 Å². The quantitative estimate of drug-likeness (QED) is 0.520. The van der Waals surface area contributed by atoms with Crippen LogP contribution in [-0.2, 0) is 8.03 Å². The van der Waals surface area contributed by atoms with Crippen LogP contribution in [0, 0.1) is 0 Å². The summed E-state index contributed by atoms with van der Waals surface area (Å²) in [6.45, 7) is 0.